The van der Waals surface area contributed by atoms with Gasteiger partial charge in [-0.05, 0) is 42.3 Å². The molecule has 0 saturated heterocycles. The van der Waals surface area contributed by atoms with Crippen LogP contribution < -0.4 is 19.1 Å². The van der Waals surface area contributed by atoms with E-state index in [4.69, 9.17) is 4.74 Å². The Balaban J connectivity index is 0.000000248. The molecule has 0 radical (unpaired) electrons. The van der Waals surface area contributed by atoms with Crippen LogP contribution >= 0.6 is 0 Å². The Morgan fingerprint density at radius 3 is 2.19 bits per heavy atom. The van der Waals surface area contributed by atoms with E-state index in [1.165, 1.54) is 36.4 Å². The fraction of sp³-hybridized carbons (Fsp3) is 0.308. The number of rotatable bonds is 7. The Morgan fingerprint density at radius 2 is 1.54 bits per heavy atom. The molecule has 0 fully saturated rings. The first-order valence-corrected chi connectivity index (χ1v) is 11.3. The number of para-hydroxylation sites is 2. The molecule has 1 aliphatic heterocycles. The summed E-state index contributed by atoms with van der Waals surface area (Å²) in [4.78, 5) is 2.23. The molecule has 0 unspecified atom stereocenters. The van der Waals surface area contributed by atoms with E-state index in [0.717, 1.165) is 30.8 Å². The van der Waals surface area contributed by atoms with Crippen molar-refractivity contribution in [3.8, 4) is 28.4 Å². The first-order chi connectivity index (χ1) is 17.5. The molecule has 0 N–H and O–H groups in total. The average Bonchev–Trinajstić information content (AvgIpc) is 2.84. The van der Waals surface area contributed by atoms with Crippen LogP contribution in [0.5, 0.6) is 17.2 Å². The van der Waals surface area contributed by atoms with Crippen LogP contribution in [0.4, 0.5) is 36.4 Å². The number of anilines is 1. The van der Waals surface area contributed by atoms with E-state index in [9.17, 15) is 30.7 Å². The van der Waals surface area contributed by atoms with Gasteiger partial charge in [0.25, 0.3) is 0 Å². The fourth-order valence-electron chi connectivity index (χ4n) is 3.58. The van der Waals surface area contributed by atoms with E-state index in [0.29, 0.717) is 17.9 Å². The maximum Gasteiger partial charge on any atom is 0.573 e. The lowest BCUT2D eigenvalue weighted by Crippen LogP contribution is -2.33. The number of fused-ring (bicyclic) bond motifs is 1. The number of hydrogen-bond acceptors (Lipinski definition) is 4. The van der Waals surface area contributed by atoms with Crippen LogP contribution in [0.3, 0.4) is 0 Å². The summed E-state index contributed by atoms with van der Waals surface area (Å²) in [6.45, 7) is 4.39. The van der Waals surface area contributed by atoms with Crippen molar-refractivity contribution in [2.75, 3.05) is 24.6 Å². The Kier molecular flexibility index (Phi) is 9.12. The summed E-state index contributed by atoms with van der Waals surface area (Å²) >= 11 is 0. The molecular weight excluding hydrogens is 507 g/mol. The quantitative estimate of drug-likeness (QED) is 0.291. The van der Waals surface area contributed by atoms with Gasteiger partial charge in [-0.1, -0.05) is 49.4 Å². The highest BCUT2D eigenvalue weighted by molar-refractivity contribution is 5.80. The van der Waals surface area contributed by atoms with E-state index in [1.807, 2.05) is 18.2 Å². The molecule has 11 heteroatoms. The number of nitrogens with zero attached hydrogens (tertiary/aromatic N) is 1. The minimum atomic E-state index is -4.71. The summed E-state index contributed by atoms with van der Waals surface area (Å²) in [5.74, 6) is 0.188. The summed E-state index contributed by atoms with van der Waals surface area (Å²) in [5.41, 5.74) is 2.37. The van der Waals surface area contributed by atoms with Gasteiger partial charge in [0.15, 0.2) is 5.75 Å². The highest BCUT2D eigenvalue weighted by atomic mass is 19.4. The Morgan fingerprint density at radius 1 is 0.865 bits per heavy atom. The van der Waals surface area contributed by atoms with Crippen molar-refractivity contribution >= 4 is 5.69 Å². The van der Waals surface area contributed by atoms with Crippen molar-refractivity contribution in [3.05, 3.63) is 72.8 Å². The standard InChI is InChI=1S/C18H18F3NO2.C8H6F4O/c1-2-9-22-10-11-23-17-15(7-4-8-16(17)22)13-5-3-6-14(12-13)24-18(19,20)21;9-7(10)8(11,12)13-6-4-2-1-3-5-6/h3-8,12H,2,9-11H2,1H3;1-5,7H. The average molecular weight is 531 g/mol. The van der Waals surface area contributed by atoms with Crippen molar-refractivity contribution in [1.29, 1.82) is 0 Å². The number of alkyl halides is 7. The Bertz CT molecular complexity index is 1140. The second-order valence-electron chi connectivity index (χ2n) is 7.84. The molecular formula is C26H24F7NO3. The molecule has 0 spiro atoms. The zero-order chi connectivity index (χ0) is 27.1. The van der Waals surface area contributed by atoms with Crippen LogP contribution in [0.25, 0.3) is 11.1 Å². The summed E-state index contributed by atoms with van der Waals surface area (Å²) in [7, 11) is 0. The molecule has 37 heavy (non-hydrogen) atoms. The van der Waals surface area contributed by atoms with Crippen molar-refractivity contribution in [2.24, 2.45) is 0 Å². The van der Waals surface area contributed by atoms with E-state index in [2.05, 4.69) is 21.3 Å². The van der Waals surface area contributed by atoms with Crippen LogP contribution in [0.2, 0.25) is 0 Å². The van der Waals surface area contributed by atoms with Gasteiger partial charge in [0, 0.05) is 12.1 Å². The van der Waals surface area contributed by atoms with Gasteiger partial charge < -0.3 is 19.1 Å². The first kappa shape index (κ1) is 27.9. The largest absolute Gasteiger partial charge is 0.573 e. The van der Waals surface area contributed by atoms with E-state index >= 15 is 0 Å². The molecule has 3 aromatic rings. The van der Waals surface area contributed by atoms with Gasteiger partial charge in [-0.25, -0.2) is 0 Å². The van der Waals surface area contributed by atoms with Gasteiger partial charge in [-0.3, -0.25) is 0 Å². The van der Waals surface area contributed by atoms with Crippen molar-refractivity contribution < 1.29 is 44.9 Å². The van der Waals surface area contributed by atoms with Gasteiger partial charge in [0.2, 0.25) is 0 Å². The predicted octanol–water partition coefficient (Wildman–Crippen LogP) is 7.78. The minimum absolute atomic E-state index is 0.237. The lowest BCUT2D eigenvalue weighted by molar-refractivity contribution is -0.274. The van der Waals surface area contributed by atoms with Crippen molar-refractivity contribution in [2.45, 2.75) is 32.2 Å². The molecule has 4 nitrogen and oxygen atoms in total. The molecule has 0 aliphatic carbocycles. The zero-order valence-electron chi connectivity index (χ0n) is 19.7. The first-order valence-electron chi connectivity index (χ1n) is 11.3. The zero-order valence-corrected chi connectivity index (χ0v) is 19.7. The lowest BCUT2D eigenvalue weighted by Gasteiger charge is -2.32. The number of ether oxygens (including phenoxy) is 3. The van der Waals surface area contributed by atoms with Crippen LogP contribution in [0, 0.1) is 0 Å². The minimum Gasteiger partial charge on any atom is -0.489 e. The normalized spacial score (nSPS) is 13.3. The molecule has 1 heterocycles. The second kappa shape index (κ2) is 12.1. The molecule has 1 aliphatic rings. The van der Waals surface area contributed by atoms with Crippen LogP contribution in [-0.2, 0) is 0 Å². The third-order valence-electron chi connectivity index (χ3n) is 5.07. The number of hydrogen-bond donors (Lipinski definition) is 0. The SMILES string of the molecule is CCCN1CCOc2c(-c3cccc(OC(F)(F)F)c3)cccc21.FC(F)C(F)(F)Oc1ccccc1. The van der Waals surface area contributed by atoms with Crippen molar-refractivity contribution in [1.82, 2.24) is 0 Å². The van der Waals surface area contributed by atoms with Crippen molar-refractivity contribution in [3.63, 3.8) is 0 Å². The molecule has 0 bridgehead atoms. The highest BCUT2D eigenvalue weighted by Gasteiger charge is 2.43. The summed E-state index contributed by atoms with van der Waals surface area (Å²) in [6, 6.07) is 18.4. The number of halogens is 7. The smallest absolute Gasteiger partial charge is 0.489 e. The predicted molar refractivity (Wildman–Crippen MR) is 125 cm³/mol. The third kappa shape index (κ3) is 7.93. The highest BCUT2D eigenvalue weighted by Crippen LogP contribution is 2.41. The van der Waals surface area contributed by atoms with Gasteiger partial charge in [-0.15, -0.1) is 13.2 Å². The fourth-order valence-corrected chi connectivity index (χ4v) is 3.58. The molecule has 200 valence electrons. The Hall–Kier alpha value is -3.63. The van der Waals surface area contributed by atoms with Gasteiger partial charge in [-0.2, -0.15) is 17.6 Å². The summed E-state index contributed by atoms with van der Waals surface area (Å²) in [6.07, 6.45) is -11.9. The number of benzene rings is 3. The molecule has 0 saturated carbocycles. The van der Waals surface area contributed by atoms with Gasteiger partial charge >= 0.3 is 18.9 Å². The second-order valence-corrected chi connectivity index (χ2v) is 7.84. The van der Waals surface area contributed by atoms with E-state index in [1.54, 1.807) is 18.2 Å². The van der Waals surface area contributed by atoms with Crippen LogP contribution in [-0.4, -0.2) is 38.6 Å². The molecule has 3 aromatic carbocycles. The van der Waals surface area contributed by atoms with E-state index in [-0.39, 0.29) is 11.5 Å². The van der Waals surface area contributed by atoms with Gasteiger partial charge in [0.05, 0.1) is 12.2 Å². The summed E-state index contributed by atoms with van der Waals surface area (Å²) in [5, 5.41) is 0. The van der Waals surface area contributed by atoms with Crippen LogP contribution in [0.15, 0.2) is 72.8 Å². The van der Waals surface area contributed by atoms with Gasteiger partial charge in [0.1, 0.15) is 18.1 Å². The van der Waals surface area contributed by atoms with Crippen LogP contribution in [0.1, 0.15) is 13.3 Å². The molecule has 0 amide bonds. The Labute approximate surface area is 209 Å². The lowest BCUT2D eigenvalue weighted by atomic mass is 10.0. The monoisotopic (exact) mass is 531 g/mol. The topological polar surface area (TPSA) is 30.9 Å². The summed E-state index contributed by atoms with van der Waals surface area (Å²) < 4.78 is 98.7. The maximum absolute atomic E-state index is 12.4. The molecule has 4 rings (SSSR count). The molecule has 0 atom stereocenters. The third-order valence-corrected chi connectivity index (χ3v) is 5.07. The molecule has 0 aromatic heterocycles. The maximum atomic E-state index is 12.4. The van der Waals surface area contributed by atoms with E-state index < -0.39 is 18.9 Å².